The molecule has 0 heterocycles. The Morgan fingerprint density at radius 3 is 2.63 bits per heavy atom. The van der Waals surface area contributed by atoms with Gasteiger partial charge in [0.1, 0.15) is 0 Å². The molecule has 0 aliphatic heterocycles. The van der Waals surface area contributed by atoms with Gasteiger partial charge >= 0.3 is 0 Å². The average Bonchev–Trinajstić information content (AvgIpc) is 2.39. The molecule has 0 aromatic heterocycles. The highest BCUT2D eigenvalue weighted by molar-refractivity contribution is 6.30. The fraction of sp³-hybridized carbons (Fsp3) is 0.250. The molecule has 0 amide bonds. The van der Waals surface area contributed by atoms with E-state index in [1.165, 1.54) is 16.8 Å². The molecule has 2 rings (SSSR count). The zero-order chi connectivity index (χ0) is 13.7. The molecule has 0 radical (unpaired) electrons. The third-order valence-electron chi connectivity index (χ3n) is 3.08. The average molecular weight is 275 g/mol. The van der Waals surface area contributed by atoms with E-state index in [0.717, 1.165) is 18.1 Å². The summed E-state index contributed by atoms with van der Waals surface area (Å²) in [5.74, 6) is 0. The molecule has 0 atom stereocenters. The highest BCUT2D eigenvalue weighted by atomic mass is 35.5. The second kappa shape index (κ2) is 6.60. The Morgan fingerprint density at radius 2 is 1.89 bits per heavy atom. The number of nitrogens with zero attached hydrogens (tertiary/aromatic N) is 1. The fourth-order valence-corrected chi connectivity index (χ4v) is 2.43. The molecular formula is C16H19ClN2. The Hall–Kier alpha value is -1.51. The highest BCUT2D eigenvalue weighted by Crippen LogP contribution is 2.21. The van der Waals surface area contributed by atoms with Crippen molar-refractivity contribution < 1.29 is 0 Å². The van der Waals surface area contributed by atoms with E-state index < -0.39 is 0 Å². The van der Waals surface area contributed by atoms with Crippen LogP contribution < -0.4 is 10.2 Å². The van der Waals surface area contributed by atoms with Crippen LogP contribution in [0.4, 0.5) is 5.69 Å². The lowest BCUT2D eigenvalue weighted by Gasteiger charge is -2.22. The summed E-state index contributed by atoms with van der Waals surface area (Å²) in [7, 11) is 4.07. The maximum absolute atomic E-state index is 6.03. The topological polar surface area (TPSA) is 15.3 Å². The van der Waals surface area contributed by atoms with E-state index in [-0.39, 0.29) is 0 Å². The number of halogens is 1. The Bertz CT molecular complexity index is 540. The second-order valence-electron chi connectivity index (χ2n) is 4.65. The summed E-state index contributed by atoms with van der Waals surface area (Å²) < 4.78 is 0. The molecule has 0 saturated carbocycles. The fourth-order valence-electron chi connectivity index (χ4n) is 2.22. The number of nitrogens with one attached hydrogen (secondary N) is 1. The molecule has 0 aliphatic carbocycles. The van der Waals surface area contributed by atoms with Gasteiger partial charge in [-0.1, -0.05) is 41.9 Å². The molecule has 19 heavy (non-hydrogen) atoms. The van der Waals surface area contributed by atoms with Crippen molar-refractivity contribution in [1.82, 2.24) is 5.32 Å². The van der Waals surface area contributed by atoms with E-state index in [0.29, 0.717) is 0 Å². The molecule has 0 aliphatic rings. The van der Waals surface area contributed by atoms with E-state index >= 15 is 0 Å². The quantitative estimate of drug-likeness (QED) is 0.894. The zero-order valence-corrected chi connectivity index (χ0v) is 12.1. The van der Waals surface area contributed by atoms with Gasteiger partial charge in [0.25, 0.3) is 0 Å². The van der Waals surface area contributed by atoms with Crippen molar-refractivity contribution in [3.05, 3.63) is 64.7 Å². The van der Waals surface area contributed by atoms with Gasteiger partial charge in [0.15, 0.2) is 0 Å². The molecule has 0 bridgehead atoms. The molecule has 0 saturated heterocycles. The zero-order valence-electron chi connectivity index (χ0n) is 11.4. The number of hydrogen-bond acceptors (Lipinski definition) is 2. The van der Waals surface area contributed by atoms with Crippen molar-refractivity contribution in [2.45, 2.75) is 13.1 Å². The summed E-state index contributed by atoms with van der Waals surface area (Å²) in [5.41, 5.74) is 3.76. The van der Waals surface area contributed by atoms with Crippen molar-refractivity contribution in [3.63, 3.8) is 0 Å². The molecule has 100 valence electrons. The van der Waals surface area contributed by atoms with Crippen LogP contribution in [0.3, 0.4) is 0 Å². The first kappa shape index (κ1) is 13.9. The third kappa shape index (κ3) is 3.72. The lowest BCUT2D eigenvalue weighted by atomic mass is 10.1. The largest absolute Gasteiger partial charge is 0.370 e. The highest BCUT2D eigenvalue weighted by Gasteiger charge is 2.07. The minimum atomic E-state index is 0.786. The predicted molar refractivity (Wildman–Crippen MR) is 82.8 cm³/mol. The molecule has 3 heteroatoms. The summed E-state index contributed by atoms with van der Waals surface area (Å²) in [6, 6.07) is 16.5. The van der Waals surface area contributed by atoms with Crippen LogP contribution in [-0.4, -0.2) is 14.1 Å². The smallest absolute Gasteiger partial charge is 0.0426 e. The van der Waals surface area contributed by atoms with Crippen molar-refractivity contribution in [1.29, 1.82) is 0 Å². The monoisotopic (exact) mass is 274 g/mol. The lowest BCUT2D eigenvalue weighted by molar-refractivity contribution is 0.805. The summed E-state index contributed by atoms with van der Waals surface area (Å²) in [4.78, 5) is 2.25. The first-order valence-electron chi connectivity index (χ1n) is 6.39. The van der Waals surface area contributed by atoms with Gasteiger partial charge in [-0.25, -0.2) is 0 Å². The van der Waals surface area contributed by atoms with E-state index in [9.17, 15) is 0 Å². The van der Waals surface area contributed by atoms with E-state index in [1.54, 1.807) is 0 Å². The molecule has 2 nitrogen and oxygen atoms in total. The van der Waals surface area contributed by atoms with Crippen molar-refractivity contribution >= 4 is 17.3 Å². The first-order chi connectivity index (χ1) is 9.20. The van der Waals surface area contributed by atoms with E-state index in [4.69, 9.17) is 11.6 Å². The minimum Gasteiger partial charge on any atom is -0.370 e. The Labute approximate surface area is 120 Å². The maximum atomic E-state index is 6.03. The lowest BCUT2D eigenvalue weighted by Crippen LogP contribution is -2.19. The summed E-state index contributed by atoms with van der Waals surface area (Å²) in [6.07, 6.45) is 0. The van der Waals surface area contributed by atoms with Crippen LogP contribution >= 0.6 is 11.6 Å². The van der Waals surface area contributed by atoms with Gasteiger partial charge in [-0.3, -0.25) is 0 Å². The summed E-state index contributed by atoms with van der Waals surface area (Å²) >= 11 is 6.03. The Kier molecular flexibility index (Phi) is 4.83. The van der Waals surface area contributed by atoms with Gasteiger partial charge in [0.2, 0.25) is 0 Å². The Morgan fingerprint density at radius 1 is 1.11 bits per heavy atom. The van der Waals surface area contributed by atoms with Gasteiger partial charge in [0.05, 0.1) is 0 Å². The van der Waals surface area contributed by atoms with Gasteiger partial charge in [-0.2, -0.15) is 0 Å². The molecule has 1 N–H and O–H groups in total. The van der Waals surface area contributed by atoms with Gasteiger partial charge in [0, 0.05) is 30.8 Å². The van der Waals surface area contributed by atoms with E-state index in [1.807, 2.05) is 25.2 Å². The normalized spacial score (nSPS) is 10.5. The van der Waals surface area contributed by atoms with Crippen molar-refractivity contribution in [3.8, 4) is 0 Å². The summed E-state index contributed by atoms with van der Waals surface area (Å²) in [6.45, 7) is 1.72. The van der Waals surface area contributed by atoms with E-state index in [2.05, 4.69) is 47.6 Å². The van der Waals surface area contributed by atoms with Crippen LogP contribution in [0.2, 0.25) is 5.02 Å². The second-order valence-corrected chi connectivity index (χ2v) is 5.08. The SMILES string of the molecule is CNCc1ccccc1N(C)Cc1cccc(Cl)c1. The number of para-hydroxylation sites is 1. The molecule has 0 spiro atoms. The maximum Gasteiger partial charge on any atom is 0.0426 e. The van der Waals surface area contributed by atoms with Crippen LogP contribution in [-0.2, 0) is 13.1 Å². The molecule has 2 aromatic rings. The molecular weight excluding hydrogens is 256 g/mol. The number of anilines is 1. The van der Waals surface area contributed by atoms with Crippen molar-refractivity contribution in [2.75, 3.05) is 19.0 Å². The third-order valence-corrected chi connectivity index (χ3v) is 3.31. The summed E-state index contributed by atoms with van der Waals surface area (Å²) in [5, 5.41) is 3.99. The standard InChI is InChI=1S/C16H19ClN2/c1-18-11-14-7-3-4-9-16(14)19(2)12-13-6-5-8-15(17)10-13/h3-10,18H,11-12H2,1-2H3. The molecule has 0 fully saturated rings. The molecule has 2 aromatic carbocycles. The Balaban J connectivity index is 2.17. The predicted octanol–water partition coefficient (Wildman–Crippen LogP) is 3.70. The van der Waals surface area contributed by atoms with Crippen LogP contribution in [0.15, 0.2) is 48.5 Å². The van der Waals surface area contributed by atoms with Gasteiger partial charge < -0.3 is 10.2 Å². The number of rotatable bonds is 5. The van der Waals surface area contributed by atoms with Crippen LogP contribution in [0, 0.1) is 0 Å². The van der Waals surface area contributed by atoms with Gasteiger partial charge in [-0.15, -0.1) is 0 Å². The van der Waals surface area contributed by atoms with Gasteiger partial charge in [-0.05, 0) is 36.4 Å². The van der Waals surface area contributed by atoms with Crippen LogP contribution in [0.1, 0.15) is 11.1 Å². The number of benzene rings is 2. The van der Waals surface area contributed by atoms with Crippen LogP contribution in [0.25, 0.3) is 0 Å². The molecule has 0 unspecified atom stereocenters. The van der Waals surface area contributed by atoms with Crippen molar-refractivity contribution in [2.24, 2.45) is 0 Å². The minimum absolute atomic E-state index is 0.786. The number of hydrogen-bond donors (Lipinski definition) is 1. The first-order valence-corrected chi connectivity index (χ1v) is 6.76. The van der Waals surface area contributed by atoms with Crippen LogP contribution in [0.5, 0.6) is 0 Å².